The molecule has 0 aliphatic rings. The number of hydrogen-bond donors (Lipinski definition) is 2. The average molecular weight is 298 g/mol. The topological polar surface area (TPSA) is 61.8 Å². The summed E-state index contributed by atoms with van der Waals surface area (Å²) in [7, 11) is 1.72. The molecule has 0 bridgehead atoms. The van der Waals surface area contributed by atoms with Crippen LogP contribution in [0.1, 0.15) is 13.8 Å². The zero-order valence-corrected chi connectivity index (χ0v) is 12.7. The Kier molecular flexibility index (Phi) is 7.11. The second kappa shape index (κ2) is 8.59. The zero-order chi connectivity index (χ0) is 15.8. The molecule has 0 aliphatic carbocycles. The van der Waals surface area contributed by atoms with Crippen LogP contribution in [0.3, 0.4) is 0 Å². The van der Waals surface area contributed by atoms with E-state index in [1.807, 2.05) is 6.92 Å². The van der Waals surface area contributed by atoms with Crippen LogP contribution in [-0.4, -0.2) is 54.8 Å². The fourth-order valence-corrected chi connectivity index (χ4v) is 1.69. The molecule has 21 heavy (non-hydrogen) atoms. The molecule has 0 spiro atoms. The highest BCUT2D eigenvalue weighted by Gasteiger charge is 2.17. The molecule has 6 heteroatoms. The third-order valence-corrected chi connectivity index (χ3v) is 3.15. The van der Waals surface area contributed by atoms with Crippen LogP contribution < -0.4 is 10.1 Å². The molecular formula is C15H23FN2O3. The quantitative estimate of drug-likeness (QED) is 0.752. The zero-order valence-electron chi connectivity index (χ0n) is 12.7. The van der Waals surface area contributed by atoms with E-state index < -0.39 is 18.0 Å². The van der Waals surface area contributed by atoms with Gasteiger partial charge in [-0.2, -0.15) is 0 Å². The van der Waals surface area contributed by atoms with Crippen molar-refractivity contribution in [2.75, 3.05) is 26.7 Å². The first kappa shape index (κ1) is 17.4. The minimum absolute atomic E-state index is 0.0419. The number of ether oxygens (including phenoxy) is 1. The van der Waals surface area contributed by atoms with Gasteiger partial charge in [0.2, 0.25) is 5.91 Å². The predicted molar refractivity (Wildman–Crippen MR) is 78.7 cm³/mol. The molecule has 0 saturated carbocycles. The molecule has 2 N–H and O–H groups in total. The van der Waals surface area contributed by atoms with Gasteiger partial charge in [-0.15, -0.1) is 0 Å². The van der Waals surface area contributed by atoms with Gasteiger partial charge in [0.1, 0.15) is 12.7 Å². The third-order valence-electron chi connectivity index (χ3n) is 3.15. The van der Waals surface area contributed by atoms with Gasteiger partial charge in [-0.25, -0.2) is 4.39 Å². The van der Waals surface area contributed by atoms with Crippen LogP contribution in [-0.2, 0) is 4.79 Å². The maximum Gasteiger partial charge on any atom is 0.239 e. The first-order chi connectivity index (χ1) is 9.95. The van der Waals surface area contributed by atoms with Gasteiger partial charge < -0.3 is 20.1 Å². The molecule has 0 fully saturated rings. The Morgan fingerprint density at radius 2 is 2.14 bits per heavy atom. The van der Waals surface area contributed by atoms with Crippen molar-refractivity contribution in [2.45, 2.75) is 26.0 Å². The molecule has 2 atom stereocenters. The number of carbonyl (C=O) groups is 1. The number of aliphatic hydroxyl groups excluding tert-OH is 1. The number of nitrogens with zero attached hydrogens (tertiary/aromatic N) is 1. The molecule has 118 valence electrons. The van der Waals surface area contributed by atoms with Crippen molar-refractivity contribution in [3.63, 3.8) is 0 Å². The number of nitrogens with one attached hydrogen (secondary N) is 1. The summed E-state index contributed by atoms with van der Waals surface area (Å²) in [4.78, 5) is 13.4. The lowest BCUT2D eigenvalue weighted by atomic mass is 10.2. The van der Waals surface area contributed by atoms with Crippen LogP contribution in [0.5, 0.6) is 5.75 Å². The van der Waals surface area contributed by atoms with E-state index in [4.69, 9.17) is 4.74 Å². The Hall–Kier alpha value is -1.66. The lowest BCUT2D eigenvalue weighted by Gasteiger charge is -2.22. The van der Waals surface area contributed by atoms with Crippen LogP contribution in [0.2, 0.25) is 0 Å². The van der Waals surface area contributed by atoms with Gasteiger partial charge in [0, 0.05) is 20.1 Å². The highest BCUT2D eigenvalue weighted by molar-refractivity contribution is 5.81. The summed E-state index contributed by atoms with van der Waals surface area (Å²) >= 11 is 0. The van der Waals surface area contributed by atoms with Gasteiger partial charge in [0.25, 0.3) is 0 Å². The summed E-state index contributed by atoms with van der Waals surface area (Å²) < 4.78 is 18.5. The van der Waals surface area contributed by atoms with E-state index in [1.54, 1.807) is 31.0 Å². The van der Waals surface area contributed by atoms with E-state index in [0.29, 0.717) is 6.54 Å². The smallest absolute Gasteiger partial charge is 0.239 e. The van der Waals surface area contributed by atoms with Crippen molar-refractivity contribution in [3.8, 4) is 5.75 Å². The Morgan fingerprint density at radius 3 is 2.76 bits per heavy atom. The molecular weight excluding hydrogens is 275 g/mol. The number of halogens is 1. The number of hydrogen-bond acceptors (Lipinski definition) is 4. The van der Waals surface area contributed by atoms with Gasteiger partial charge in [-0.3, -0.25) is 4.79 Å². The van der Waals surface area contributed by atoms with E-state index in [9.17, 15) is 14.3 Å². The molecule has 0 aromatic heterocycles. The predicted octanol–water partition coefficient (Wildman–Crippen LogP) is 1.02. The highest BCUT2D eigenvalue weighted by atomic mass is 19.1. The molecule has 0 saturated heterocycles. The number of carbonyl (C=O) groups excluding carboxylic acids is 1. The van der Waals surface area contributed by atoms with E-state index in [-0.39, 0.29) is 24.8 Å². The Morgan fingerprint density at radius 1 is 1.48 bits per heavy atom. The second-order valence-electron chi connectivity index (χ2n) is 4.88. The number of benzene rings is 1. The summed E-state index contributed by atoms with van der Waals surface area (Å²) in [5.74, 6) is -0.406. The summed E-state index contributed by atoms with van der Waals surface area (Å²) in [6.07, 6.45) is -0.827. The Bertz CT molecular complexity index is 456. The molecule has 5 nitrogen and oxygen atoms in total. The van der Waals surface area contributed by atoms with Crippen LogP contribution >= 0.6 is 0 Å². The molecule has 0 heterocycles. The van der Waals surface area contributed by atoms with Crippen molar-refractivity contribution in [1.82, 2.24) is 10.2 Å². The van der Waals surface area contributed by atoms with Crippen molar-refractivity contribution in [2.24, 2.45) is 0 Å². The summed E-state index contributed by atoms with van der Waals surface area (Å²) in [5, 5.41) is 12.7. The van der Waals surface area contributed by atoms with E-state index in [1.165, 1.54) is 12.1 Å². The van der Waals surface area contributed by atoms with Crippen molar-refractivity contribution in [1.29, 1.82) is 0 Å². The number of likely N-dealkylation sites (N-methyl/N-ethyl adjacent to an activating group) is 1. The number of aliphatic hydroxyl groups is 1. The van der Waals surface area contributed by atoms with Gasteiger partial charge in [0.15, 0.2) is 11.6 Å². The normalized spacial score (nSPS) is 13.6. The van der Waals surface area contributed by atoms with Gasteiger partial charge in [-0.05, 0) is 26.0 Å². The largest absolute Gasteiger partial charge is 0.488 e. The maximum atomic E-state index is 13.3. The lowest BCUT2D eigenvalue weighted by molar-refractivity contribution is -0.131. The molecule has 0 radical (unpaired) electrons. The van der Waals surface area contributed by atoms with Crippen LogP contribution in [0.15, 0.2) is 24.3 Å². The SMILES string of the molecule is CCN(C)C(=O)C(C)NCC(O)COc1ccccc1F. The number of para-hydroxylation sites is 1. The van der Waals surface area contributed by atoms with Crippen LogP contribution in [0.25, 0.3) is 0 Å². The number of amides is 1. The lowest BCUT2D eigenvalue weighted by Crippen LogP contribution is -2.46. The average Bonchev–Trinajstić information content (AvgIpc) is 2.50. The molecule has 1 rings (SSSR count). The van der Waals surface area contributed by atoms with E-state index in [2.05, 4.69) is 5.32 Å². The van der Waals surface area contributed by atoms with Gasteiger partial charge in [0.05, 0.1) is 6.04 Å². The third kappa shape index (κ3) is 5.69. The summed E-state index contributed by atoms with van der Waals surface area (Å²) in [5.41, 5.74) is 0. The molecule has 1 aromatic rings. The molecule has 1 amide bonds. The first-order valence-electron chi connectivity index (χ1n) is 6.99. The summed E-state index contributed by atoms with van der Waals surface area (Å²) in [6, 6.07) is 5.62. The minimum Gasteiger partial charge on any atom is -0.488 e. The minimum atomic E-state index is -0.827. The van der Waals surface area contributed by atoms with Crippen molar-refractivity contribution in [3.05, 3.63) is 30.1 Å². The van der Waals surface area contributed by atoms with E-state index >= 15 is 0 Å². The van der Waals surface area contributed by atoms with Gasteiger partial charge >= 0.3 is 0 Å². The second-order valence-corrected chi connectivity index (χ2v) is 4.88. The van der Waals surface area contributed by atoms with Gasteiger partial charge in [-0.1, -0.05) is 12.1 Å². The monoisotopic (exact) mass is 298 g/mol. The molecule has 2 unspecified atom stereocenters. The highest BCUT2D eigenvalue weighted by Crippen LogP contribution is 2.15. The number of rotatable bonds is 8. The van der Waals surface area contributed by atoms with Crippen molar-refractivity contribution >= 4 is 5.91 Å². The first-order valence-corrected chi connectivity index (χ1v) is 6.99. The molecule has 0 aliphatic heterocycles. The standard InChI is InChI=1S/C15H23FN2O3/c1-4-18(3)15(20)11(2)17-9-12(19)10-21-14-8-6-5-7-13(14)16/h5-8,11-12,17,19H,4,9-10H2,1-3H3. The Balaban J connectivity index is 2.33. The van der Waals surface area contributed by atoms with E-state index in [0.717, 1.165) is 0 Å². The van der Waals surface area contributed by atoms with Crippen LogP contribution in [0.4, 0.5) is 4.39 Å². The maximum absolute atomic E-state index is 13.3. The fourth-order valence-electron chi connectivity index (χ4n) is 1.69. The Labute approximate surface area is 124 Å². The fraction of sp³-hybridized carbons (Fsp3) is 0.533. The van der Waals surface area contributed by atoms with Crippen molar-refractivity contribution < 1.29 is 19.0 Å². The van der Waals surface area contributed by atoms with Crippen LogP contribution in [0, 0.1) is 5.82 Å². The summed E-state index contributed by atoms with van der Waals surface area (Å²) in [6.45, 7) is 4.40. The molecule has 1 aromatic carbocycles.